The summed E-state index contributed by atoms with van der Waals surface area (Å²) in [5, 5.41) is 13.3. The Morgan fingerprint density at radius 1 is 1.16 bits per heavy atom. The molecule has 164 valence electrons. The van der Waals surface area contributed by atoms with Crippen LogP contribution in [0.5, 0.6) is 0 Å². The summed E-state index contributed by atoms with van der Waals surface area (Å²) in [6, 6.07) is 6.14. The van der Waals surface area contributed by atoms with Gasteiger partial charge in [0.05, 0.1) is 16.9 Å². The van der Waals surface area contributed by atoms with Gasteiger partial charge < -0.3 is 15.0 Å². The molecule has 3 heterocycles. The number of aryl methyl sites for hydroxylation is 1. The molecule has 3 aromatic rings. The maximum atomic E-state index is 13.2. The summed E-state index contributed by atoms with van der Waals surface area (Å²) in [5.74, 6) is 1.31. The van der Waals surface area contributed by atoms with Gasteiger partial charge in [-0.25, -0.2) is 4.98 Å². The van der Waals surface area contributed by atoms with Gasteiger partial charge in [-0.1, -0.05) is 12.1 Å². The molecule has 0 radical (unpaired) electrons. The monoisotopic (exact) mass is 431 g/mol. The first-order valence-corrected chi connectivity index (χ1v) is 9.94. The van der Waals surface area contributed by atoms with Gasteiger partial charge in [0.15, 0.2) is 5.82 Å². The molecule has 0 saturated carbocycles. The molecule has 31 heavy (non-hydrogen) atoms. The largest absolute Gasteiger partial charge is 0.416 e. The number of alkyl halides is 3. The van der Waals surface area contributed by atoms with Gasteiger partial charge in [0, 0.05) is 43.7 Å². The van der Waals surface area contributed by atoms with E-state index in [0.717, 1.165) is 41.4 Å². The van der Waals surface area contributed by atoms with Gasteiger partial charge in [-0.3, -0.25) is 0 Å². The fraction of sp³-hybridized carbons (Fsp3) is 0.409. The Morgan fingerprint density at radius 2 is 1.90 bits per heavy atom. The van der Waals surface area contributed by atoms with E-state index < -0.39 is 11.7 Å². The molecule has 1 N–H and O–H groups in total. The Balaban J connectivity index is 1.63. The van der Waals surface area contributed by atoms with Crippen molar-refractivity contribution in [2.75, 3.05) is 30.4 Å². The van der Waals surface area contributed by atoms with Gasteiger partial charge in [0.1, 0.15) is 5.82 Å². The Kier molecular flexibility index (Phi) is 5.25. The normalized spacial score (nSPS) is 15.8. The third-order valence-electron chi connectivity index (χ3n) is 5.90. The molecule has 0 amide bonds. The molecule has 0 bridgehead atoms. The van der Waals surface area contributed by atoms with Crippen LogP contribution >= 0.6 is 0 Å². The topological polar surface area (TPSA) is 63.2 Å². The molecule has 1 aliphatic heterocycles. The van der Waals surface area contributed by atoms with Crippen molar-refractivity contribution in [3.8, 4) is 0 Å². The van der Waals surface area contributed by atoms with Gasteiger partial charge >= 0.3 is 6.18 Å². The first-order chi connectivity index (χ1) is 14.6. The van der Waals surface area contributed by atoms with Crippen molar-refractivity contribution in [2.45, 2.75) is 39.1 Å². The zero-order valence-electron chi connectivity index (χ0n) is 17.8. The standard InChI is InChI=1S/C22H24F3N5O/c1-13-15(6-5-7-18(13)22(23,24)25)9-27-20-16-8-19(30-11-21(3,12-30)31-4)26-10-17(16)14(2)28-29-20/h5-8,10H,9,11-12H2,1-4H3,(H,27,29). The van der Waals surface area contributed by atoms with Crippen LogP contribution in [0.4, 0.5) is 24.8 Å². The molecule has 1 fully saturated rings. The fourth-order valence-electron chi connectivity index (χ4n) is 3.88. The lowest BCUT2D eigenvalue weighted by Gasteiger charge is -2.47. The van der Waals surface area contributed by atoms with E-state index in [0.29, 0.717) is 11.4 Å². The number of aromatic nitrogens is 3. The second-order valence-corrected chi connectivity index (χ2v) is 8.17. The van der Waals surface area contributed by atoms with Crippen LogP contribution in [0.3, 0.4) is 0 Å². The molecule has 1 saturated heterocycles. The average molecular weight is 431 g/mol. The summed E-state index contributed by atoms with van der Waals surface area (Å²) in [4.78, 5) is 6.66. The molecule has 0 aliphatic carbocycles. The van der Waals surface area contributed by atoms with Crippen molar-refractivity contribution < 1.29 is 17.9 Å². The van der Waals surface area contributed by atoms with Gasteiger partial charge in [0.2, 0.25) is 0 Å². The number of rotatable bonds is 5. The van der Waals surface area contributed by atoms with Crippen LogP contribution in [0.2, 0.25) is 0 Å². The lowest BCUT2D eigenvalue weighted by Crippen LogP contribution is -2.61. The average Bonchev–Trinajstić information content (AvgIpc) is 2.71. The third kappa shape index (κ3) is 4.01. The van der Waals surface area contributed by atoms with E-state index in [1.165, 1.54) is 13.0 Å². The lowest BCUT2D eigenvalue weighted by molar-refractivity contribution is -0.138. The summed E-state index contributed by atoms with van der Waals surface area (Å²) >= 11 is 0. The molecular weight excluding hydrogens is 407 g/mol. The van der Waals surface area contributed by atoms with E-state index in [2.05, 4.69) is 25.4 Å². The molecule has 1 aromatic carbocycles. The predicted octanol–water partition coefficient (Wildman–Crippen LogP) is 4.50. The number of halogens is 3. The number of benzene rings is 1. The molecule has 6 nitrogen and oxygen atoms in total. The number of nitrogens with one attached hydrogen (secondary N) is 1. The van der Waals surface area contributed by atoms with Crippen LogP contribution in [0.25, 0.3) is 10.8 Å². The highest BCUT2D eigenvalue weighted by Crippen LogP contribution is 2.34. The van der Waals surface area contributed by atoms with Gasteiger partial charge in [-0.2, -0.15) is 18.3 Å². The molecule has 0 unspecified atom stereocenters. The number of hydrogen-bond donors (Lipinski definition) is 1. The molecule has 4 rings (SSSR count). The summed E-state index contributed by atoms with van der Waals surface area (Å²) < 4.78 is 45.2. The Labute approximate surface area is 178 Å². The minimum absolute atomic E-state index is 0.189. The highest BCUT2D eigenvalue weighted by Gasteiger charge is 2.39. The smallest absolute Gasteiger partial charge is 0.375 e. The zero-order valence-corrected chi connectivity index (χ0v) is 17.8. The number of fused-ring (bicyclic) bond motifs is 1. The Morgan fingerprint density at radius 3 is 2.58 bits per heavy atom. The van der Waals surface area contributed by atoms with Crippen LogP contribution in [0.15, 0.2) is 30.5 Å². The highest BCUT2D eigenvalue weighted by atomic mass is 19.4. The third-order valence-corrected chi connectivity index (χ3v) is 5.90. The van der Waals surface area contributed by atoms with E-state index in [1.807, 2.05) is 19.9 Å². The second kappa shape index (κ2) is 7.64. The van der Waals surface area contributed by atoms with Gasteiger partial charge in [0.25, 0.3) is 0 Å². The Hall–Kier alpha value is -2.94. The summed E-state index contributed by atoms with van der Waals surface area (Å²) in [5.41, 5.74) is 0.676. The van der Waals surface area contributed by atoms with E-state index in [9.17, 15) is 13.2 Å². The minimum Gasteiger partial charge on any atom is -0.375 e. The van der Waals surface area contributed by atoms with E-state index in [-0.39, 0.29) is 17.7 Å². The fourth-order valence-corrected chi connectivity index (χ4v) is 3.88. The van der Waals surface area contributed by atoms with Crippen molar-refractivity contribution >= 4 is 22.4 Å². The quantitative estimate of drug-likeness (QED) is 0.642. The van der Waals surface area contributed by atoms with Crippen LogP contribution in [-0.4, -0.2) is 41.0 Å². The number of hydrogen-bond acceptors (Lipinski definition) is 6. The number of pyridine rings is 1. The first-order valence-electron chi connectivity index (χ1n) is 9.94. The summed E-state index contributed by atoms with van der Waals surface area (Å²) in [7, 11) is 1.70. The molecular formula is C22H24F3N5O. The second-order valence-electron chi connectivity index (χ2n) is 8.17. The molecule has 1 aliphatic rings. The number of methoxy groups -OCH3 is 1. The van der Waals surface area contributed by atoms with E-state index >= 15 is 0 Å². The van der Waals surface area contributed by atoms with Gasteiger partial charge in [-0.05, 0) is 44.0 Å². The number of anilines is 2. The predicted molar refractivity (Wildman–Crippen MR) is 113 cm³/mol. The number of ether oxygens (including phenoxy) is 1. The van der Waals surface area contributed by atoms with Crippen LogP contribution in [0, 0.1) is 13.8 Å². The lowest BCUT2D eigenvalue weighted by atomic mass is 9.96. The van der Waals surface area contributed by atoms with Crippen molar-refractivity contribution in [2.24, 2.45) is 0 Å². The Bertz CT molecular complexity index is 1130. The first kappa shape index (κ1) is 21.3. The maximum Gasteiger partial charge on any atom is 0.416 e. The van der Waals surface area contributed by atoms with Crippen LogP contribution in [-0.2, 0) is 17.5 Å². The SMILES string of the molecule is COC1(C)CN(c2cc3c(NCc4cccc(C(F)(F)F)c4C)nnc(C)c3cn2)C1. The highest BCUT2D eigenvalue weighted by molar-refractivity contribution is 5.94. The molecule has 0 spiro atoms. The van der Waals surface area contributed by atoms with Gasteiger partial charge in [-0.15, -0.1) is 5.10 Å². The molecule has 2 aromatic heterocycles. The van der Waals surface area contributed by atoms with Crippen molar-refractivity contribution in [3.63, 3.8) is 0 Å². The van der Waals surface area contributed by atoms with Crippen LogP contribution < -0.4 is 10.2 Å². The van der Waals surface area contributed by atoms with Crippen LogP contribution in [0.1, 0.15) is 29.3 Å². The molecule has 9 heteroatoms. The number of nitrogens with zero attached hydrogens (tertiary/aromatic N) is 4. The van der Waals surface area contributed by atoms with E-state index in [1.54, 1.807) is 19.4 Å². The van der Waals surface area contributed by atoms with Crippen molar-refractivity contribution in [1.82, 2.24) is 15.2 Å². The maximum absolute atomic E-state index is 13.2. The van der Waals surface area contributed by atoms with E-state index in [4.69, 9.17) is 4.74 Å². The minimum atomic E-state index is -4.38. The summed E-state index contributed by atoms with van der Waals surface area (Å²) in [6.07, 6.45) is -2.62. The molecule has 0 atom stereocenters. The zero-order chi connectivity index (χ0) is 22.4. The van der Waals surface area contributed by atoms with Crippen molar-refractivity contribution in [3.05, 3.63) is 52.8 Å². The van der Waals surface area contributed by atoms with Crippen molar-refractivity contribution in [1.29, 1.82) is 0 Å². The summed E-state index contributed by atoms with van der Waals surface area (Å²) in [6.45, 7) is 7.04.